The first kappa shape index (κ1) is 13.6. The number of phenols is 1. The topological polar surface area (TPSA) is 38.7 Å². The van der Waals surface area contributed by atoms with Gasteiger partial charge in [0.2, 0.25) is 0 Å². The zero-order valence-corrected chi connectivity index (χ0v) is 11.7. The van der Waals surface area contributed by atoms with Gasteiger partial charge in [0.1, 0.15) is 17.2 Å². The molecule has 0 saturated carbocycles. The number of benzene rings is 2. The molecule has 0 radical (unpaired) electrons. The zero-order chi connectivity index (χ0) is 13.7. The second kappa shape index (κ2) is 6.38. The molecule has 0 heterocycles. The number of rotatable bonds is 5. The molecule has 0 fully saturated rings. The fourth-order valence-electron chi connectivity index (χ4n) is 1.73. The highest BCUT2D eigenvalue weighted by atomic mass is 32.2. The van der Waals surface area contributed by atoms with Crippen LogP contribution in [0.25, 0.3) is 0 Å². The standard InChI is InChI=1S/C15H16O3S/c1-17-13-6-7-15(18-2)11(8-13)10-19-14-5-3-4-12(16)9-14/h3-9,16H,10H2,1-2H3. The molecule has 2 aromatic carbocycles. The monoisotopic (exact) mass is 276 g/mol. The Morgan fingerprint density at radius 2 is 1.89 bits per heavy atom. The number of hydrogen-bond acceptors (Lipinski definition) is 4. The van der Waals surface area contributed by atoms with Crippen molar-refractivity contribution in [3.63, 3.8) is 0 Å². The van der Waals surface area contributed by atoms with E-state index in [4.69, 9.17) is 9.47 Å². The van der Waals surface area contributed by atoms with Crippen molar-refractivity contribution in [1.82, 2.24) is 0 Å². The smallest absolute Gasteiger partial charge is 0.123 e. The highest BCUT2D eigenvalue weighted by Crippen LogP contribution is 2.31. The lowest BCUT2D eigenvalue weighted by molar-refractivity contribution is 0.400. The number of aromatic hydroxyl groups is 1. The minimum Gasteiger partial charge on any atom is -0.508 e. The molecular weight excluding hydrogens is 260 g/mol. The van der Waals surface area contributed by atoms with Gasteiger partial charge >= 0.3 is 0 Å². The van der Waals surface area contributed by atoms with E-state index in [2.05, 4.69) is 0 Å². The molecule has 0 amide bonds. The van der Waals surface area contributed by atoms with Gasteiger partial charge in [0.15, 0.2) is 0 Å². The van der Waals surface area contributed by atoms with E-state index in [0.29, 0.717) is 0 Å². The highest BCUT2D eigenvalue weighted by molar-refractivity contribution is 7.98. The Labute approximate surface area is 117 Å². The molecule has 0 saturated heterocycles. The lowest BCUT2D eigenvalue weighted by Crippen LogP contribution is -1.92. The van der Waals surface area contributed by atoms with Crippen molar-refractivity contribution < 1.29 is 14.6 Å². The summed E-state index contributed by atoms with van der Waals surface area (Å²) in [6.45, 7) is 0. The SMILES string of the molecule is COc1ccc(OC)c(CSc2cccc(O)c2)c1. The van der Waals surface area contributed by atoms with Crippen LogP contribution in [-0.4, -0.2) is 19.3 Å². The quantitative estimate of drug-likeness (QED) is 0.845. The Bertz CT molecular complexity index is 555. The van der Waals surface area contributed by atoms with E-state index in [-0.39, 0.29) is 5.75 Å². The average molecular weight is 276 g/mol. The van der Waals surface area contributed by atoms with Crippen molar-refractivity contribution in [3.05, 3.63) is 48.0 Å². The van der Waals surface area contributed by atoms with E-state index in [1.54, 1.807) is 38.1 Å². The first-order chi connectivity index (χ1) is 9.22. The molecule has 0 aliphatic rings. The minimum atomic E-state index is 0.280. The molecule has 0 aromatic heterocycles. The summed E-state index contributed by atoms with van der Waals surface area (Å²) in [6, 6.07) is 13.0. The highest BCUT2D eigenvalue weighted by Gasteiger charge is 2.06. The summed E-state index contributed by atoms with van der Waals surface area (Å²) in [6.07, 6.45) is 0. The van der Waals surface area contributed by atoms with Crippen LogP contribution in [0.4, 0.5) is 0 Å². The number of hydrogen-bond donors (Lipinski definition) is 1. The summed E-state index contributed by atoms with van der Waals surface area (Å²) in [5.41, 5.74) is 1.06. The fourth-order valence-corrected chi connectivity index (χ4v) is 2.66. The first-order valence-electron chi connectivity index (χ1n) is 5.85. The Morgan fingerprint density at radius 3 is 2.58 bits per heavy atom. The predicted octanol–water partition coefficient (Wildman–Crippen LogP) is 3.70. The third kappa shape index (κ3) is 3.58. The van der Waals surface area contributed by atoms with Gasteiger partial charge < -0.3 is 14.6 Å². The van der Waals surface area contributed by atoms with Gasteiger partial charge in [0.05, 0.1) is 14.2 Å². The number of ether oxygens (including phenoxy) is 2. The van der Waals surface area contributed by atoms with Gasteiger partial charge in [-0.1, -0.05) is 6.07 Å². The van der Waals surface area contributed by atoms with E-state index in [0.717, 1.165) is 27.7 Å². The van der Waals surface area contributed by atoms with Crippen LogP contribution < -0.4 is 9.47 Å². The third-order valence-corrected chi connectivity index (χ3v) is 3.74. The van der Waals surface area contributed by atoms with Crippen LogP contribution in [0.2, 0.25) is 0 Å². The molecule has 0 unspecified atom stereocenters. The number of methoxy groups -OCH3 is 2. The molecule has 19 heavy (non-hydrogen) atoms. The molecule has 4 heteroatoms. The van der Waals surface area contributed by atoms with Gasteiger partial charge in [-0.2, -0.15) is 0 Å². The largest absolute Gasteiger partial charge is 0.508 e. The Balaban J connectivity index is 2.14. The summed E-state index contributed by atoms with van der Waals surface area (Å²) >= 11 is 1.64. The van der Waals surface area contributed by atoms with Crippen molar-refractivity contribution in [1.29, 1.82) is 0 Å². The van der Waals surface area contributed by atoms with Gasteiger partial charge in [0.25, 0.3) is 0 Å². The van der Waals surface area contributed by atoms with Crippen molar-refractivity contribution in [3.8, 4) is 17.2 Å². The Morgan fingerprint density at radius 1 is 1.05 bits per heavy atom. The van der Waals surface area contributed by atoms with Crippen LogP contribution in [-0.2, 0) is 5.75 Å². The lowest BCUT2D eigenvalue weighted by atomic mass is 10.2. The molecule has 2 aromatic rings. The molecule has 0 bridgehead atoms. The van der Waals surface area contributed by atoms with Gasteiger partial charge in [-0.3, -0.25) is 0 Å². The van der Waals surface area contributed by atoms with Gasteiger partial charge in [0, 0.05) is 16.2 Å². The maximum atomic E-state index is 9.44. The minimum absolute atomic E-state index is 0.280. The van der Waals surface area contributed by atoms with Crippen molar-refractivity contribution in [2.45, 2.75) is 10.6 Å². The molecule has 0 aliphatic carbocycles. The number of phenolic OH excluding ortho intramolecular Hbond substituents is 1. The molecule has 0 atom stereocenters. The molecule has 2 rings (SSSR count). The molecule has 0 aliphatic heterocycles. The Hall–Kier alpha value is -1.81. The summed E-state index contributed by atoms with van der Waals surface area (Å²) in [4.78, 5) is 1.02. The van der Waals surface area contributed by atoms with Crippen molar-refractivity contribution in [2.24, 2.45) is 0 Å². The normalized spacial score (nSPS) is 10.2. The van der Waals surface area contributed by atoms with Crippen LogP contribution in [0.3, 0.4) is 0 Å². The molecule has 100 valence electrons. The van der Waals surface area contributed by atoms with Crippen LogP contribution in [0, 0.1) is 0 Å². The third-order valence-electron chi connectivity index (χ3n) is 2.70. The number of thioether (sulfide) groups is 1. The van der Waals surface area contributed by atoms with E-state index >= 15 is 0 Å². The first-order valence-corrected chi connectivity index (χ1v) is 6.84. The van der Waals surface area contributed by atoms with Crippen LogP contribution in [0.15, 0.2) is 47.4 Å². The average Bonchev–Trinajstić information content (AvgIpc) is 2.45. The van der Waals surface area contributed by atoms with Gasteiger partial charge in [-0.25, -0.2) is 0 Å². The summed E-state index contributed by atoms with van der Waals surface area (Å²) < 4.78 is 10.6. The second-order valence-electron chi connectivity index (χ2n) is 3.96. The van der Waals surface area contributed by atoms with E-state index < -0.39 is 0 Å². The lowest BCUT2D eigenvalue weighted by Gasteiger charge is -2.10. The van der Waals surface area contributed by atoms with Crippen LogP contribution in [0.1, 0.15) is 5.56 Å². The molecule has 3 nitrogen and oxygen atoms in total. The van der Waals surface area contributed by atoms with Gasteiger partial charge in [-0.15, -0.1) is 11.8 Å². The zero-order valence-electron chi connectivity index (χ0n) is 10.9. The summed E-state index contributed by atoms with van der Waals surface area (Å²) in [5, 5.41) is 9.44. The molecule has 0 spiro atoms. The van der Waals surface area contributed by atoms with Gasteiger partial charge in [-0.05, 0) is 36.4 Å². The summed E-state index contributed by atoms with van der Waals surface area (Å²) in [5.74, 6) is 2.69. The van der Waals surface area contributed by atoms with Crippen molar-refractivity contribution in [2.75, 3.05) is 14.2 Å². The Kier molecular flexibility index (Phi) is 4.58. The van der Waals surface area contributed by atoms with Crippen molar-refractivity contribution >= 4 is 11.8 Å². The maximum absolute atomic E-state index is 9.44. The molecular formula is C15H16O3S. The van der Waals surface area contributed by atoms with E-state index in [9.17, 15) is 5.11 Å². The fraction of sp³-hybridized carbons (Fsp3) is 0.200. The maximum Gasteiger partial charge on any atom is 0.123 e. The molecule has 1 N–H and O–H groups in total. The van der Waals surface area contributed by atoms with Crippen LogP contribution >= 0.6 is 11.8 Å². The van der Waals surface area contributed by atoms with E-state index in [1.165, 1.54) is 0 Å². The summed E-state index contributed by atoms with van der Waals surface area (Å²) in [7, 11) is 3.30. The van der Waals surface area contributed by atoms with E-state index in [1.807, 2.05) is 30.3 Å². The van der Waals surface area contributed by atoms with Crippen LogP contribution in [0.5, 0.6) is 17.2 Å². The second-order valence-corrected chi connectivity index (χ2v) is 5.01. The predicted molar refractivity (Wildman–Crippen MR) is 77.2 cm³/mol.